The molecule has 15 heteroatoms. The highest BCUT2D eigenvalue weighted by Gasteiger charge is 2.23. The Hall–Kier alpha value is -4.85. The van der Waals surface area contributed by atoms with E-state index < -0.39 is 5.91 Å². The number of ether oxygens (including phenoxy) is 2. The van der Waals surface area contributed by atoms with Crippen molar-refractivity contribution in [2.24, 2.45) is 0 Å². The molecule has 0 bridgehead atoms. The van der Waals surface area contributed by atoms with E-state index in [1.54, 1.807) is 51.5 Å². The molecule has 3 aromatic carbocycles. The number of methoxy groups -OCH3 is 1. The Balaban J connectivity index is 0.00000378. The van der Waals surface area contributed by atoms with Gasteiger partial charge in [-0.25, -0.2) is 4.98 Å². The van der Waals surface area contributed by atoms with Gasteiger partial charge in [-0.2, -0.15) is 0 Å². The molecule has 13 nitrogen and oxygen atoms in total. The maximum absolute atomic E-state index is 13.7. The number of imidazole rings is 1. The van der Waals surface area contributed by atoms with Gasteiger partial charge in [0.15, 0.2) is 5.82 Å². The molecule has 4 aromatic rings. The third kappa shape index (κ3) is 10.4. The summed E-state index contributed by atoms with van der Waals surface area (Å²) in [6.07, 6.45) is 3.00. The van der Waals surface area contributed by atoms with Gasteiger partial charge in [0.1, 0.15) is 17.0 Å². The molecule has 1 aliphatic heterocycles. The molecule has 286 valence electrons. The number of aryl methyl sites for hydroxylation is 1. The monoisotopic (exact) mass is 769 g/mol. The minimum absolute atomic E-state index is 0. The predicted molar refractivity (Wildman–Crippen MR) is 212 cm³/mol. The van der Waals surface area contributed by atoms with Crippen LogP contribution >= 0.6 is 24.8 Å². The van der Waals surface area contributed by atoms with E-state index in [1.807, 2.05) is 30.0 Å². The van der Waals surface area contributed by atoms with Crippen LogP contribution in [0.4, 0.5) is 11.4 Å². The van der Waals surface area contributed by atoms with Gasteiger partial charge in [0.2, 0.25) is 5.91 Å². The highest BCUT2D eigenvalue weighted by Crippen LogP contribution is 2.31. The number of fused-ring (bicyclic) bond motifs is 1. The number of hydrogen-bond donors (Lipinski definition) is 2. The van der Waals surface area contributed by atoms with Crippen molar-refractivity contribution < 1.29 is 28.7 Å². The van der Waals surface area contributed by atoms with Crippen molar-refractivity contribution in [1.29, 1.82) is 0 Å². The molecule has 2 N–H and O–H groups in total. The second kappa shape index (κ2) is 19.3. The molecule has 53 heavy (non-hydrogen) atoms. The molecule has 2 heterocycles. The largest absolute Gasteiger partial charge is 0.496 e. The number of hydrogen-bond acceptors (Lipinski definition) is 8. The Morgan fingerprint density at radius 1 is 0.887 bits per heavy atom. The maximum Gasteiger partial charge on any atom is 0.289 e. The van der Waals surface area contributed by atoms with E-state index in [4.69, 9.17) is 9.47 Å². The Kier molecular flexibility index (Phi) is 15.5. The van der Waals surface area contributed by atoms with Gasteiger partial charge in [-0.15, -0.1) is 24.8 Å². The molecule has 1 fully saturated rings. The molecule has 0 aliphatic carbocycles. The summed E-state index contributed by atoms with van der Waals surface area (Å²) in [7, 11) is 8.46. The lowest BCUT2D eigenvalue weighted by Gasteiger charge is -2.32. The molecule has 0 spiro atoms. The van der Waals surface area contributed by atoms with Gasteiger partial charge >= 0.3 is 0 Å². The lowest BCUT2D eigenvalue weighted by atomic mass is 10.1. The third-order valence-corrected chi connectivity index (χ3v) is 8.99. The molecule has 5 rings (SSSR count). The topological polar surface area (TPSA) is 140 Å². The van der Waals surface area contributed by atoms with Crippen molar-refractivity contribution >= 4 is 70.9 Å². The summed E-state index contributed by atoms with van der Waals surface area (Å²) in [6, 6.07) is 15.6. The van der Waals surface area contributed by atoms with Crippen molar-refractivity contribution in [3.8, 4) is 11.5 Å². The number of likely N-dealkylation sites (N-methyl/N-ethyl adjacent to an activating group) is 1. The zero-order valence-corrected chi connectivity index (χ0v) is 32.7. The zero-order chi connectivity index (χ0) is 36.7. The number of rotatable bonds is 13. The first kappa shape index (κ1) is 42.6. The van der Waals surface area contributed by atoms with Crippen molar-refractivity contribution in [1.82, 2.24) is 24.7 Å². The molecule has 1 aromatic heterocycles. The Morgan fingerprint density at radius 2 is 1.62 bits per heavy atom. The number of aromatic nitrogens is 2. The van der Waals surface area contributed by atoms with E-state index in [1.165, 1.54) is 23.0 Å². The van der Waals surface area contributed by atoms with Crippen LogP contribution in [0.1, 0.15) is 62.6 Å². The van der Waals surface area contributed by atoms with Gasteiger partial charge < -0.3 is 39.4 Å². The van der Waals surface area contributed by atoms with Crippen LogP contribution in [0.2, 0.25) is 0 Å². The molecule has 1 aliphatic rings. The molecule has 0 atom stereocenters. The molecule has 0 saturated carbocycles. The number of H-pyrrole nitrogens is 1. The van der Waals surface area contributed by atoms with Crippen LogP contribution in [0, 0.1) is 6.92 Å². The van der Waals surface area contributed by atoms with E-state index in [2.05, 4.69) is 27.2 Å². The van der Waals surface area contributed by atoms with Crippen molar-refractivity contribution in [3.63, 3.8) is 0 Å². The van der Waals surface area contributed by atoms with Crippen LogP contribution in [0.5, 0.6) is 11.5 Å². The molecule has 4 amide bonds. The number of para-hydroxylation sites is 1. The van der Waals surface area contributed by atoms with Gasteiger partial charge in [0, 0.05) is 59.3 Å². The van der Waals surface area contributed by atoms with Crippen LogP contribution in [0.25, 0.3) is 11.0 Å². The minimum Gasteiger partial charge on any atom is -0.496 e. The van der Waals surface area contributed by atoms with Gasteiger partial charge in [-0.3, -0.25) is 19.2 Å². The van der Waals surface area contributed by atoms with Gasteiger partial charge in [-0.05, 0) is 81.3 Å². The quantitative estimate of drug-likeness (QED) is 0.166. The highest BCUT2D eigenvalue weighted by molar-refractivity contribution is 6.12. The SMILES string of the molecule is COc1cc(C(=O)N(C)c2ccc(C)cc2OCCCCCC(=O)N2CCN(C)CC2)ccc1C(=O)Nc1cccc2[nH]c(C(=O)N(C)C)nc12.Cl.Cl. The number of piperazine rings is 1. The van der Waals surface area contributed by atoms with Gasteiger partial charge in [0.05, 0.1) is 36.2 Å². The summed E-state index contributed by atoms with van der Waals surface area (Å²) in [5.74, 6) is 0.120. The average molecular weight is 771 g/mol. The number of unbranched alkanes of at least 4 members (excludes halogenated alkanes) is 2. The van der Waals surface area contributed by atoms with Crippen molar-refractivity contribution in [3.05, 3.63) is 77.1 Å². The highest BCUT2D eigenvalue weighted by atomic mass is 35.5. The van der Waals surface area contributed by atoms with Gasteiger partial charge in [0.25, 0.3) is 17.7 Å². The van der Waals surface area contributed by atoms with Crippen LogP contribution in [-0.2, 0) is 4.79 Å². The number of halogens is 2. The minimum atomic E-state index is -0.465. The summed E-state index contributed by atoms with van der Waals surface area (Å²) < 4.78 is 11.7. The number of carbonyl (C=O) groups excluding carboxylic acids is 4. The summed E-state index contributed by atoms with van der Waals surface area (Å²) in [5.41, 5.74) is 3.60. The average Bonchev–Trinajstić information content (AvgIpc) is 3.57. The smallest absolute Gasteiger partial charge is 0.289 e. The first-order valence-corrected chi connectivity index (χ1v) is 17.1. The Bertz CT molecular complexity index is 1910. The fourth-order valence-corrected chi connectivity index (χ4v) is 5.92. The first-order chi connectivity index (χ1) is 24.5. The lowest BCUT2D eigenvalue weighted by molar-refractivity contribution is -0.132. The van der Waals surface area contributed by atoms with Crippen molar-refractivity contribution in [2.45, 2.75) is 32.6 Å². The normalized spacial score (nSPS) is 12.7. The molecule has 0 unspecified atom stereocenters. The number of nitrogens with zero attached hydrogens (tertiary/aromatic N) is 5. The number of amides is 4. The van der Waals surface area contributed by atoms with Crippen LogP contribution in [-0.4, -0.2) is 116 Å². The molecule has 1 saturated heterocycles. The number of nitrogens with one attached hydrogen (secondary N) is 2. The fourth-order valence-electron chi connectivity index (χ4n) is 5.92. The number of anilines is 2. The summed E-state index contributed by atoms with van der Waals surface area (Å²) in [4.78, 5) is 66.7. The van der Waals surface area contributed by atoms with E-state index in [0.29, 0.717) is 46.7 Å². The van der Waals surface area contributed by atoms with Crippen LogP contribution in [0.15, 0.2) is 54.6 Å². The predicted octanol–water partition coefficient (Wildman–Crippen LogP) is 5.67. The van der Waals surface area contributed by atoms with E-state index in [-0.39, 0.29) is 59.7 Å². The second-order valence-corrected chi connectivity index (χ2v) is 13.0. The van der Waals surface area contributed by atoms with Crippen LogP contribution < -0.4 is 19.7 Å². The molecule has 0 radical (unpaired) electrons. The molecular formula is C38H49Cl2N7O6. The summed E-state index contributed by atoms with van der Waals surface area (Å²) in [6.45, 7) is 5.84. The first-order valence-electron chi connectivity index (χ1n) is 17.1. The Morgan fingerprint density at radius 3 is 2.32 bits per heavy atom. The van der Waals surface area contributed by atoms with Gasteiger partial charge in [-0.1, -0.05) is 12.1 Å². The van der Waals surface area contributed by atoms with Crippen LogP contribution in [0.3, 0.4) is 0 Å². The number of aromatic amines is 1. The standard InChI is InChI=1S/C38H47N7O6.2ClH/c1-25-14-17-30(32(23-25)51-22-9-7-8-13-33(46)45-20-18-43(4)19-21-45)44(5)37(48)26-15-16-27(31(24-26)50-6)36(47)40-29-12-10-11-28-34(29)41-35(39-28)38(49)42(2)3;;/h10-12,14-17,23-24H,7-9,13,18-22H2,1-6H3,(H,39,41)(H,40,47);2*1H. The summed E-state index contributed by atoms with van der Waals surface area (Å²) in [5, 5.41) is 2.86. The van der Waals surface area contributed by atoms with E-state index >= 15 is 0 Å². The second-order valence-electron chi connectivity index (χ2n) is 13.0. The Labute approximate surface area is 322 Å². The van der Waals surface area contributed by atoms with E-state index in [0.717, 1.165) is 51.0 Å². The summed E-state index contributed by atoms with van der Waals surface area (Å²) >= 11 is 0. The fraction of sp³-hybridized carbons (Fsp3) is 0.395. The van der Waals surface area contributed by atoms with Crippen molar-refractivity contribution in [2.75, 3.05) is 78.3 Å². The lowest BCUT2D eigenvalue weighted by Crippen LogP contribution is -2.47. The number of carbonyl (C=O) groups is 4. The number of benzene rings is 3. The third-order valence-electron chi connectivity index (χ3n) is 8.99. The van der Waals surface area contributed by atoms with E-state index in [9.17, 15) is 19.2 Å². The molecular weight excluding hydrogens is 721 g/mol. The zero-order valence-electron chi connectivity index (χ0n) is 31.1. The maximum atomic E-state index is 13.7.